The summed E-state index contributed by atoms with van der Waals surface area (Å²) in [6.07, 6.45) is 4.88. The van der Waals surface area contributed by atoms with E-state index < -0.39 is 0 Å². The van der Waals surface area contributed by atoms with Crippen molar-refractivity contribution < 1.29 is 5.11 Å². The van der Waals surface area contributed by atoms with Gasteiger partial charge in [-0.25, -0.2) is 0 Å². The molecule has 0 aliphatic heterocycles. The van der Waals surface area contributed by atoms with Crippen LogP contribution in [0.25, 0.3) is 0 Å². The second-order valence-corrected chi connectivity index (χ2v) is 3.59. The van der Waals surface area contributed by atoms with Crippen molar-refractivity contribution >= 4 is 0 Å². The van der Waals surface area contributed by atoms with E-state index in [1.807, 2.05) is 0 Å². The summed E-state index contributed by atoms with van der Waals surface area (Å²) in [6.45, 7) is 7.02. The highest BCUT2D eigenvalue weighted by Gasteiger charge is 2.09. The Balaban J connectivity index is 3.44. The molecule has 11 heavy (non-hydrogen) atoms. The van der Waals surface area contributed by atoms with E-state index in [0.29, 0.717) is 12.5 Å². The third-order valence-corrected chi connectivity index (χ3v) is 2.35. The Labute approximate surface area is 70.8 Å². The van der Waals surface area contributed by atoms with Crippen molar-refractivity contribution in [3.63, 3.8) is 0 Å². The Kier molecular flexibility index (Phi) is 6.63. The summed E-state index contributed by atoms with van der Waals surface area (Å²) in [6, 6.07) is 0. The van der Waals surface area contributed by atoms with E-state index in [0.717, 1.165) is 12.3 Å². The van der Waals surface area contributed by atoms with E-state index in [9.17, 15) is 0 Å². The quantitative estimate of drug-likeness (QED) is 0.630. The van der Waals surface area contributed by atoms with Crippen molar-refractivity contribution in [2.75, 3.05) is 6.61 Å². The summed E-state index contributed by atoms with van der Waals surface area (Å²) in [5, 5.41) is 8.94. The first kappa shape index (κ1) is 11.0. The van der Waals surface area contributed by atoms with Crippen molar-refractivity contribution in [2.45, 2.75) is 46.5 Å². The summed E-state index contributed by atoms with van der Waals surface area (Å²) in [5.74, 6) is 1.33. The van der Waals surface area contributed by atoms with Gasteiger partial charge in [0.25, 0.3) is 0 Å². The van der Waals surface area contributed by atoms with Gasteiger partial charge in [0.05, 0.1) is 0 Å². The minimum absolute atomic E-state index is 0.366. The lowest BCUT2D eigenvalue weighted by molar-refractivity contribution is 0.197. The van der Waals surface area contributed by atoms with Gasteiger partial charge < -0.3 is 5.11 Å². The molecule has 1 nitrogen and oxygen atoms in total. The Morgan fingerprint density at radius 2 is 1.91 bits per heavy atom. The van der Waals surface area contributed by atoms with Crippen molar-refractivity contribution in [1.29, 1.82) is 0 Å². The van der Waals surface area contributed by atoms with E-state index in [4.69, 9.17) is 5.11 Å². The van der Waals surface area contributed by atoms with Gasteiger partial charge in [0, 0.05) is 6.61 Å². The Hall–Kier alpha value is -0.0400. The molecular formula is C10H22O. The number of hydrogen-bond donors (Lipinski definition) is 1. The van der Waals surface area contributed by atoms with Gasteiger partial charge in [-0.2, -0.15) is 0 Å². The van der Waals surface area contributed by atoms with E-state index in [2.05, 4.69) is 20.8 Å². The van der Waals surface area contributed by atoms with Gasteiger partial charge in [0.1, 0.15) is 0 Å². The van der Waals surface area contributed by atoms with Crippen molar-refractivity contribution in [2.24, 2.45) is 11.8 Å². The molecule has 0 aliphatic rings. The molecule has 0 spiro atoms. The van der Waals surface area contributed by atoms with Crippen molar-refractivity contribution in [3.05, 3.63) is 0 Å². The van der Waals surface area contributed by atoms with E-state index in [-0.39, 0.29) is 0 Å². The van der Waals surface area contributed by atoms with Crippen LogP contribution >= 0.6 is 0 Å². The fraction of sp³-hybridized carbons (Fsp3) is 1.00. The molecule has 68 valence electrons. The van der Waals surface area contributed by atoms with Crippen LogP contribution < -0.4 is 0 Å². The average Bonchev–Trinajstić information content (AvgIpc) is 2.01. The maximum Gasteiger partial charge on any atom is 0.0459 e. The SMILES string of the molecule is CCCC(C)CC(CC)CO. The third kappa shape index (κ3) is 5.25. The lowest BCUT2D eigenvalue weighted by Crippen LogP contribution is -2.09. The molecule has 0 bridgehead atoms. The normalized spacial score (nSPS) is 16.4. The largest absolute Gasteiger partial charge is 0.396 e. The standard InChI is InChI=1S/C10H22O/c1-4-6-9(3)7-10(5-2)8-11/h9-11H,4-8H2,1-3H3. The highest BCUT2D eigenvalue weighted by molar-refractivity contribution is 4.60. The molecule has 0 saturated carbocycles. The number of hydrogen-bond acceptors (Lipinski definition) is 1. The van der Waals surface area contributed by atoms with Gasteiger partial charge in [-0.05, 0) is 18.3 Å². The molecule has 0 fully saturated rings. The van der Waals surface area contributed by atoms with Crippen LogP contribution in [0.15, 0.2) is 0 Å². The predicted molar refractivity (Wildman–Crippen MR) is 49.6 cm³/mol. The van der Waals surface area contributed by atoms with Gasteiger partial charge in [-0.3, -0.25) is 0 Å². The van der Waals surface area contributed by atoms with E-state index in [1.165, 1.54) is 19.3 Å². The minimum Gasteiger partial charge on any atom is -0.396 e. The summed E-state index contributed by atoms with van der Waals surface area (Å²) in [7, 11) is 0. The molecule has 0 aromatic rings. The first-order valence-electron chi connectivity index (χ1n) is 4.85. The Bertz CT molecular complexity index is 76.9. The summed E-state index contributed by atoms with van der Waals surface area (Å²) in [4.78, 5) is 0. The summed E-state index contributed by atoms with van der Waals surface area (Å²) >= 11 is 0. The van der Waals surface area contributed by atoms with Gasteiger partial charge in [0.2, 0.25) is 0 Å². The maximum atomic E-state index is 8.94. The zero-order valence-corrected chi connectivity index (χ0v) is 8.14. The van der Waals surface area contributed by atoms with Gasteiger partial charge in [-0.1, -0.05) is 40.0 Å². The molecule has 1 N–H and O–H groups in total. The van der Waals surface area contributed by atoms with Crippen LogP contribution in [-0.2, 0) is 0 Å². The predicted octanol–water partition coefficient (Wildman–Crippen LogP) is 2.83. The lowest BCUT2D eigenvalue weighted by Gasteiger charge is -2.16. The molecule has 0 heterocycles. The van der Waals surface area contributed by atoms with Crippen LogP contribution in [0.2, 0.25) is 0 Å². The van der Waals surface area contributed by atoms with Crippen molar-refractivity contribution in [3.8, 4) is 0 Å². The van der Waals surface area contributed by atoms with E-state index in [1.54, 1.807) is 0 Å². The molecule has 2 unspecified atom stereocenters. The monoisotopic (exact) mass is 158 g/mol. The molecule has 2 atom stereocenters. The molecular weight excluding hydrogens is 136 g/mol. The second kappa shape index (κ2) is 6.66. The first-order valence-corrected chi connectivity index (χ1v) is 4.85. The van der Waals surface area contributed by atoms with Crippen molar-refractivity contribution in [1.82, 2.24) is 0 Å². The van der Waals surface area contributed by atoms with Crippen LogP contribution in [0.3, 0.4) is 0 Å². The van der Waals surface area contributed by atoms with Gasteiger partial charge in [-0.15, -0.1) is 0 Å². The maximum absolute atomic E-state index is 8.94. The lowest BCUT2D eigenvalue weighted by atomic mass is 9.91. The molecule has 0 amide bonds. The number of aliphatic hydroxyl groups excluding tert-OH is 1. The number of rotatable bonds is 6. The molecule has 0 rings (SSSR count). The highest BCUT2D eigenvalue weighted by Crippen LogP contribution is 2.18. The van der Waals surface area contributed by atoms with Gasteiger partial charge >= 0.3 is 0 Å². The topological polar surface area (TPSA) is 20.2 Å². The number of aliphatic hydroxyl groups is 1. The highest BCUT2D eigenvalue weighted by atomic mass is 16.3. The van der Waals surface area contributed by atoms with Gasteiger partial charge in [0.15, 0.2) is 0 Å². The summed E-state index contributed by atoms with van der Waals surface area (Å²) in [5.41, 5.74) is 0. The van der Waals surface area contributed by atoms with Crippen LogP contribution in [0, 0.1) is 11.8 Å². The summed E-state index contributed by atoms with van der Waals surface area (Å²) < 4.78 is 0. The zero-order chi connectivity index (χ0) is 8.69. The smallest absolute Gasteiger partial charge is 0.0459 e. The average molecular weight is 158 g/mol. The molecule has 0 aromatic heterocycles. The fourth-order valence-electron chi connectivity index (χ4n) is 1.55. The first-order chi connectivity index (χ1) is 5.24. The van der Waals surface area contributed by atoms with E-state index >= 15 is 0 Å². The molecule has 1 heteroatoms. The van der Waals surface area contributed by atoms with Crippen LogP contribution in [0.4, 0.5) is 0 Å². The van der Waals surface area contributed by atoms with Crippen LogP contribution in [0.5, 0.6) is 0 Å². The Morgan fingerprint density at radius 3 is 2.27 bits per heavy atom. The molecule has 0 aliphatic carbocycles. The fourth-order valence-corrected chi connectivity index (χ4v) is 1.55. The molecule has 0 aromatic carbocycles. The molecule has 0 radical (unpaired) electrons. The van der Waals surface area contributed by atoms with Crippen LogP contribution in [0.1, 0.15) is 46.5 Å². The zero-order valence-electron chi connectivity index (χ0n) is 8.14. The van der Waals surface area contributed by atoms with Crippen LogP contribution in [-0.4, -0.2) is 11.7 Å². The molecule has 0 saturated heterocycles. The Morgan fingerprint density at radius 1 is 1.27 bits per heavy atom. The third-order valence-electron chi connectivity index (χ3n) is 2.35. The minimum atomic E-state index is 0.366. The second-order valence-electron chi connectivity index (χ2n) is 3.59.